The van der Waals surface area contributed by atoms with E-state index < -0.39 is 12.2 Å². The number of epoxide rings is 1. The van der Waals surface area contributed by atoms with Crippen LogP contribution in [0.25, 0.3) is 21.5 Å². The lowest BCUT2D eigenvalue weighted by Gasteiger charge is -2.24. The molecule has 1 fully saturated rings. The van der Waals surface area contributed by atoms with Gasteiger partial charge in [-0.2, -0.15) is 0 Å². The molecule has 0 aromatic heterocycles. The van der Waals surface area contributed by atoms with Crippen molar-refractivity contribution < 1.29 is 14.9 Å². The van der Waals surface area contributed by atoms with Crippen molar-refractivity contribution in [2.45, 2.75) is 24.4 Å². The van der Waals surface area contributed by atoms with E-state index in [0.29, 0.717) is 0 Å². The molecule has 21 heavy (non-hydrogen) atoms. The fraction of sp³-hybridized carbons (Fsp3) is 0.222. The molecule has 104 valence electrons. The second-order valence-electron chi connectivity index (χ2n) is 5.95. The van der Waals surface area contributed by atoms with Gasteiger partial charge in [0.15, 0.2) is 0 Å². The molecule has 0 saturated carbocycles. The van der Waals surface area contributed by atoms with Crippen LogP contribution in [0.4, 0.5) is 0 Å². The summed E-state index contributed by atoms with van der Waals surface area (Å²) in [6.45, 7) is 0. The minimum absolute atomic E-state index is 0.0678. The molecule has 2 N–H and O–H groups in total. The monoisotopic (exact) mass is 278 g/mol. The maximum absolute atomic E-state index is 10.3. The van der Waals surface area contributed by atoms with E-state index in [2.05, 4.69) is 30.3 Å². The Balaban J connectivity index is 1.86. The summed E-state index contributed by atoms with van der Waals surface area (Å²) in [4.78, 5) is 0. The number of hydrogen-bond acceptors (Lipinski definition) is 3. The molecule has 0 bridgehead atoms. The van der Waals surface area contributed by atoms with E-state index in [1.807, 2.05) is 18.2 Å². The van der Waals surface area contributed by atoms with Gasteiger partial charge in [-0.3, -0.25) is 0 Å². The van der Waals surface area contributed by atoms with E-state index in [0.717, 1.165) is 16.5 Å². The van der Waals surface area contributed by atoms with Crippen LogP contribution in [0.3, 0.4) is 0 Å². The number of benzene rings is 3. The van der Waals surface area contributed by atoms with E-state index in [9.17, 15) is 10.2 Å². The third kappa shape index (κ3) is 1.48. The van der Waals surface area contributed by atoms with Gasteiger partial charge in [0.2, 0.25) is 0 Å². The molecule has 3 aromatic carbocycles. The van der Waals surface area contributed by atoms with Crippen LogP contribution in [0.1, 0.15) is 23.3 Å². The summed E-state index contributed by atoms with van der Waals surface area (Å²) in [5.41, 5.74) is 1.81. The van der Waals surface area contributed by atoms with Crippen molar-refractivity contribution in [1.82, 2.24) is 0 Å². The molecular formula is C18H14O3. The van der Waals surface area contributed by atoms with Crippen molar-refractivity contribution in [3.05, 3.63) is 59.7 Å². The maximum atomic E-state index is 10.3. The van der Waals surface area contributed by atoms with Crippen molar-refractivity contribution >= 4 is 21.5 Å². The number of hydrogen-bond donors (Lipinski definition) is 2. The number of aliphatic hydroxyl groups is 2. The van der Waals surface area contributed by atoms with Gasteiger partial charge in [0.05, 0.1) is 0 Å². The Hall–Kier alpha value is -1.94. The van der Waals surface area contributed by atoms with Crippen molar-refractivity contribution in [2.24, 2.45) is 0 Å². The summed E-state index contributed by atoms with van der Waals surface area (Å²) in [5, 5.41) is 24.9. The zero-order valence-electron chi connectivity index (χ0n) is 11.2. The lowest BCUT2D eigenvalue weighted by Crippen LogP contribution is -2.28. The first-order valence-electron chi connectivity index (χ1n) is 7.21. The van der Waals surface area contributed by atoms with E-state index in [4.69, 9.17) is 4.74 Å². The Morgan fingerprint density at radius 2 is 1.62 bits per heavy atom. The van der Waals surface area contributed by atoms with E-state index in [1.165, 1.54) is 16.2 Å². The highest BCUT2D eigenvalue weighted by Gasteiger charge is 2.53. The number of fused-ring (bicyclic) bond motifs is 6. The van der Waals surface area contributed by atoms with Crippen molar-refractivity contribution in [3.63, 3.8) is 0 Å². The second-order valence-corrected chi connectivity index (χ2v) is 5.95. The van der Waals surface area contributed by atoms with Crippen molar-refractivity contribution in [2.75, 3.05) is 0 Å². The van der Waals surface area contributed by atoms with Crippen LogP contribution >= 0.6 is 0 Å². The number of rotatable bonds is 0. The molecule has 4 atom stereocenters. The quantitative estimate of drug-likeness (QED) is 0.491. The lowest BCUT2D eigenvalue weighted by atomic mass is 9.85. The van der Waals surface area contributed by atoms with Crippen LogP contribution in [0, 0.1) is 0 Å². The SMILES string of the molecule is O[C@H]1[C@@H]2O[C@@H]2c2cc3c(ccc4ccccc43)cc2[C@@H]1O. The Morgan fingerprint density at radius 3 is 2.52 bits per heavy atom. The zero-order chi connectivity index (χ0) is 14.1. The summed E-state index contributed by atoms with van der Waals surface area (Å²) >= 11 is 0. The topological polar surface area (TPSA) is 53.0 Å². The average molecular weight is 278 g/mol. The summed E-state index contributed by atoms with van der Waals surface area (Å²) in [5.74, 6) is 0. The molecular weight excluding hydrogens is 264 g/mol. The Bertz CT molecular complexity index is 886. The van der Waals surface area contributed by atoms with Crippen molar-refractivity contribution in [1.29, 1.82) is 0 Å². The molecule has 0 amide bonds. The van der Waals surface area contributed by atoms with Gasteiger partial charge in [-0.25, -0.2) is 0 Å². The van der Waals surface area contributed by atoms with Gasteiger partial charge in [-0.05, 0) is 44.8 Å². The predicted octanol–water partition coefficient (Wildman–Crippen LogP) is 2.84. The van der Waals surface area contributed by atoms with Crippen LogP contribution in [-0.4, -0.2) is 22.4 Å². The van der Waals surface area contributed by atoms with Crippen LogP contribution in [0.2, 0.25) is 0 Å². The minimum Gasteiger partial charge on any atom is -0.387 e. The van der Waals surface area contributed by atoms with E-state index in [-0.39, 0.29) is 12.2 Å². The fourth-order valence-electron chi connectivity index (χ4n) is 3.59. The highest BCUT2D eigenvalue weighted by molar-refractivity contribution is 6.08. The van der Waals surface area contributed by atoms with Crippen LogP contribution in [0.15, 0.2) is 48.5 Å². The summed E-state index contributed by atoms with van der Waals surface area (Å²) in [6, 6.07) is 16.5. The van der Waals surface area contributed by atoms with Gasteiger partial charge in [0, 0.05) is 0 Å². The Labute approximate surface area is 121 Å². The summed E-state index contributed by atoms with van der Waals surface area (Å²) in [6.07, 6.45) is -2.00. The second kappa shape index (κ2) is 3.83. The van der Waals surface area contributed by atoms with Gasteiger partial charge in [-0.1, -0.05) is 36.4 Å². The fourth-order valence-corrected chi connectivity index (χ4v) is 3.59. The highest BCUT2D eigenvalue weighted by Crippen LogP contribution is 2.51. The first kappa shape index (κ1) is 11.7. The molecule has 1 saturated heterocycles. The molecule has 1 aliphatic heterocycles. The standard InChI is InChI=1S/C18H14O3/c19-15-13-7-10-6-5-9-3-1-2-4-11(9)12(10)8-14(13)17-18(21-17)16(15)20/h1-8,15-20H/t15-,16+,17+,18-/m0/s1. The van der Waals surface area contributed by atoms with Crippen LogP contribution in [0.5, 0.6) is 0 Å². The minimum atomic E-state index is -0.861. The molecule has 1 heterocycles. The molecule has 1 aliphatic carbocycles. The molecule has 3 heteroatoms. The Kier molecular flexibility index (Phi) is 2.13. The van der Waals surface area contributed by atoms with Gasteiger partial charge < -0.3 is 14.9 Å². The predicted molar refractivity (Wildman–Crippen MR) is 80.0 cm³/mol. The molecule has 0 unspecified atom stereocenters. The van der Waals surface area contributed by atoms with Gasteiger partial charge in [0.25, 0.3) is 0 Å². The molecule has 0 radical (unpaired) electrons. The Morgan fingerprint density at radius 1 is 0.810 bits per heavy atom. The largest absolute Gasteiger partial charge is 0.387 e. The molecule has 3 aromatic rings. The highest BCUT2D eigenvalue weighted by atomic mass is 16.6. The smallest absolute Gasteiger partial charge is 0.118 e. The maximum Gasteiger partial charge on any atom is 0.118 e. The average Bonchev–Trinajstić information content (AvgIpc) is 3.32. The third-order valence-corrected chi connectivity index (χ3v) is 4.76. The number of ether oxygens (including phenoxy) is 1. The molecule has 3 nitrogen and oxygen atoms in total. The third-order valence-electron chi connectivity index (χ3n) is 4.76. The first-order valence-corrected chi connectivity index (χ1v) is 7.21. The van der Waals surface area contributed by atoms with Gasteiger partial charge >= 0.3 is 0 Å². The molecule has 2 aliphatic rings. The zero-order valence-corrected chi connectivity index (χ0v) is 11.2. The number of aliphatic hydroxyl groups excluding tert-OH is 2. The first-order chi connectivity index (χ1) is 10.2. The van der Waals surface area contributed by atoms with E-state index in [1.54, 1.807) is 0 Å². The summed E-state index contributed by atoms with van der Waals surface area (Å²) < 4.78 is 5.54. The normalized spacial score (nSPS) is 30.2. The molecule has 0 spiro atoms. The van der Waals surface area contributed by atoms with Crippen LogP contribution in [-0.2, 0) is 4.74 Å². The summed E-state index contributed by atoms with van der Waals surface area (Å²) in [7, 11) is 0. The lowest BCUT2D eigenvalue weighted by molar-refractivity contribution is 0.0000732. The van der Waals surface area contributed by atoms with E-state index >= 15 is 0 Å². The molecule has 5 rings (SSSR count). The van der Waals surface area contributed by atoms with Gasteiger partial charge in [-0.15, -0.1) is 0 Å². The van der Waals surface area contributed by atoms with Gasteiger partial charge in [0.1, 0.15) is 24.4 Å². The van der Waals surface area contributed by atoms with Crippen molar-refractivity contribution in [3.8, 4) is 0 Å². The van der Waals surface area contributed by atoms with Crippen LogP contribution < -0.4 is 0 Å².